The Morgan fingerprint density at radius 3 is 2.31 bits per heavy atom. The van der Waals surface area contributed by atoms with Crippen LogP contribution in [0.5, 0.6) is 0 Å². The number of hydrogen-bond acceptors (Lipinski definition) is 2. The molecule has 0 atom stereocenters. The smallest absolute Gasteiger partial charge is 0.356 e. The maximum atomic E-state index is 11.9. The van der Waals surface area contributed by atoms with Crippen LogP contribution < -0.4 is 0 Å². The molecule has 76 valence electrons. The maximum Gasteiger partial charge on any atom is 0.405 e. The van der Waals surface area contributed by atoms with Crippen LogP contribution in [0.2, 0.25) is 0 Å². The van der Waals surface area contributed by atoms with Crippen LogP contribution in [-0.4, -0.2) is 35.2 Å². The van der Waals surface area contributed by atoms with Crippen LogP contribution in [0, 0.1) is 0 Å². The highest BCUT2D eigenvalue weighted by Crippen LogP contribution is 2.19. The summed E-state index contributed by atoms with van der Waals surface area (Å²) in [5.74, 6) is 0. The summed E-state index contributed by atoms with van der Waals surface area (Å²) in [5.41, 5.74) is 0. The molecule has 0 saturated heterocycles. The highest BCUT2D eigenvalue weighted by Gasteiger charge is 2.31. The van der Waals surface area contributed by atoms with Gasteiger partial charge in [0, 0.05) is 18.4 Å². The predicted octanol–water partition coefficient (Wildman–Crippen LogP) is 2.00. The lowest BCUT2D eigenvalue weighted by atomic mass is 10.4. The van der Waals surface area contributed by atoms with E-state index in [1.807, 2.05) is 18.7 Å². The van der Waals surface area contributed by atoms with E-state index in [9.17, 15) is 13.2 Å². The first-order valence-corrected chi connectivity index (χ1v) is 4.13. The van der Waals surface area contributed by atoms with Gasteiger partial charge in [0.1, 0.15) is 6.54 Å². The average molecular weight is 194 g/mol. The summed E-state index contributed by atoms with van der Waals surface area (Å²) in [6.45, 7) is 3.35. The maximum absolute atomic E-state index is 11.9. The number of rotatable bonds is 2. The topological polar surface area (TPSA) is 6.48 Å². The van der Waals surface area contributed by atoms with Crippen molar-refractivity contribution in [3.63, 3.8) is 0 Å². The minimum absolute atomic E-state index is 0.245. The highest BCUT2D eigenvalue weighted by molar-refractivity contribution is 4.92. The first kappa shape index (κ1) is 10.2. The summed E-state index contributed by atoms with van der Waals surface area (Å²) < 4.78 is 35.8. The van der Waals surface area contributed by atoms with E-state index < -0.39 is 12.7 Å². The molecule has 5 heteroatoms. The van der Waals surface area contributed by atoms with Gasteiger partial charge in [0.25, 0.3) is 0 Å². The van der Waals surface area contributed by atoms with Gasteiger partial charge in [0.05, 0.1) is 6.67 Å². The number of alkyl halides is 3. The van der Waals surface area contributed by atoms with Crippen molar-refractivity contribution in [3.05, 3.63) is 12.4 Å². The summed E-state index contributed by atoms with van der Waals surface area (Å²) >= 11 is 0. The molecule has 0 saturated carbocycles. The van der Waals surface area contributed by atoms with Crippen molar-refractivity contribution in [2.45, 2.75) is 26.1 Å². The van der Waals surface area contributed by atoms with Gasteiger partial charge in [0.15, 0.2) is 0 Å². The van der Waals surface area contributed by atoms with E-state index >= 15 is 0 Å². The van der Waals surface area contributed by atoms with Crippen LogP contribution in [0.25, 0.3) is 0 Å². The zero-order valence-electron chi connectivity index (χ0n) is 7.67. The van der Waals surface area contributed by atoms with Gasteiger partial charge in [0.2, 0.25) is 0 Å². The summed E-state index contributed by atoms with van der Waals surface area (Å²) in [4.78, 5) is 3.10. The molecule has 1 aliphatic heterocycles. The van der Waals surface area contributed by atoms with E-state index in [-0.39, 0.29) is 6.04 Å². The van der Waals surface area contributed by atoms with Gasteiger partial charge in [-0.2, -0.15) is 13.2 Å². The van der Waals surface area contributed by atoms with Gasteiger partial charge in [-0.25, -0.2) is 0 Å². The molecule has 2 nitrogen and oxygen atoms in total. The van der Waals surface area contributed by atoms with Crippen LogP contribution in [0.4, 0.5) is 13.2 Å². The molecule has 0 unspecified atom stereocenters. The molecule has 0 aliphatic carbocycles. The number of hydrogen-bond donors (Lipinski definition) is 0. The molecule has 0 aromatic rings. The fourth-order valence-corrected chi connectivity index (χ4v) is 1.15. The lowest BCUT2D eigenvalue weighted by Gasteiger charge is -2.24. The molecule has 0 fully saturated rings. The molecule has 1 heterocycles. The molecule has 0 radical (unpaired) electrons. The summed E-state index contributed by atoms with van der Waals surface area (Å²) in [6.07, 6.45) is -0.943. The van der Waals surface area contributed by atoms with Gasteiger partial charge in [-0.1, -0.05) is 0 Å². The lowest BCUT2D eigenvalue weighted by molar-refractivity contribution is -0.141. The van der Waals surface area contributed by atoms with Crippen LogP contribution in [0.1, 0.15) is 13.8 Å². The van der Waals surface area contributed by atoms with Crippen LogP contribution in [0.15, 0.2) is 12.4 Å². The Morgan fingerprint density at radius 2 is 1.92 bits per heavy atom. The summed E-state index contributed by atoms with van der Waals surface area (Å²) in [5, 5.41) is 0. The minimum Gasteiger partial charge on any atom is -0.356 e. The second kappa shape index (κ2) is 3.47. The molecule has 0 N–H and O–H groups in total. The largest absolute Gasteiger partial charge is 0.405 e. The molecule has 0 spiro atoms. The Hall–Kier alpha value is -0.870. The van der Waals surface area contributed by atoms with Gasteiger partial charge >= 0.3 is 6.18 Å². The first-order chi connectivity index (χ1) is 5.88. The second-order valence-corrected chi connectivity index (χ2v) is 3.41. The Kier molecular flexibility index (Phi) is 2.73. The molecule has 13 heavy (non-hydrogen) atoms. The number of nitrogens with zero attached hydrogens (tertiary/aromatic N) is 2. The predicted molar refractivity (Wildman–Crippen MR) is 43.7 cm³/mol. The van der Waals surface area contributed by atoms with E-state index in [1.54, 1.807) is 6.20 Å². The molecule has 0 aromatic carbocycles. The van der Waals surface area contributed by atoms with Gasteiger partial charge in [-0.05, 0) is 13.8 Å². The van der Waals surface area contributed by atoms with Crippen LogP contribution in [0.3, 0.4) is 0 Å². The van der Waals surface area contributed by atoms with Gasteiger partial charge in [-0.15, -0.1) is 0 Å². The average Bonchev–Trinajstić information content (AvgIpc) is 2.31. The third-order valence-corrected chi connectivity index (χ3v) is 1.86. The SMILES string of the molecule is CC(C)N1C=CN(CC(F)(F)F)C1. The molecule has 0 amide bonds. The van der Waals surface area contributed by atoms with Crippen molar-refractivity contribution in [1.29, 1.82) is 0 Å². The van der Waals surface area contributed by atoms with E-state index in [0.717, 1.165) is 0 Å². The molecule has 0 bridgehead atoms. The molecule has 1 aliphatic rings. The molecular weight excluding hydrogens is 181 g/mol. The third-order valence-electron chi connectivity index (χ3n) is 1.86. The van der Waals surface area contributed by atoms with Crippen LogP contribution in [-0.2, 0) is 0 Å². The van der Waals surface area contributed by atoms with Crippen molar-refractivity contribution in [1.82, 2.24) is 9.80 Å². The van der Waals surface area contributed by atoms with Crippen LogP contribution >= 0.6 is 0 Å². The monoisotopic (exact) mass is 194 g/mol. The van der Waals surface area contributed by atoms with E-state index in [0.29, 0.717) is 6.67 Å². The highest BCUT2D eigenvalue weighted by atomic mass is 19.4. The Labute approximate surface area is 75.6 Å². The third kappa shape index (κ3) is 3.16. The van der Waals surface area contributed by atoms with Crippen molar-refractivity contribution < 1.29 is 13.2 Å². The standard InChI is InChI=1S/C8H13F3N2/c1-7(2)13-4-3-12(6-13)5-8(9,10)11/h3-4,7H,5-6H2,1-2H3. The van der Waals surface area contributed by atoms with E-state index in [1.165, 1.54) is 11.1 Å². The lowest BCUT2D eigenvalue weighted by Crippen LogP contribution is -2.35. The second-order valence-electron chi connectivity index (χ2n) is 3.41. The Bertz CT molecular complexity index is 198. The molecular formula is C8H13F3N2. The van der Waals surface area contributed by atoms with E-state index in [4.69, 9.17) is 0 Å². The van der Waals surface area contributed by atoms with Crippen molar-refractivity contribution >= 4 is 0 Å². The Balaban J connectivity index is 2.39. The quantitative estimate of drug-likeness (QED) is 0.663. The van der Waals surface area contributed by atoms with Gasteiger partial charge in [-0.3, -0.25) is 0 Å². The van der Waals surface area contributed by atoms with Gasteiger partial charge < -0.3 is 9.80 Å². The zero-order valence-corrected chi connectivity index (χ0v) is 7.67. The van der Waals surface area contributed by atoms with Crippen molar-refractivity contribution in [2.75, 3.05) is 13.2 Å². The zero-order chi connectivity index (χ0) is 10.1. The fraction of sp³-hybridized carbons (Fsp3) is 0.750. The van der Waals surface area contributed by atoms with Crippen molar-refractivity contribution in [3.8, 4) is 0 Å². The molecule has 1 rings (SSSR count). The fourth-order valence-electron chi connectivity index (χ4n) is 1.15. The summed E-state index contributed by atoms with van der Waals surface area (Å²) in [7, 11) is 0. The minimum atomic E-state index is -4.11. The number of halogens is 3. The van der Waals surface area contributed by atoms with E-state index in [2.05, 4.69) is 0 Å². The first-order valence-electron chi connectivity index (χ1n) is 4.13. The normalized spacial score (nSPS) is 17.7. The summed E-state index contributed by atoms with van der Waals surface area (Å²) in [6, 6.07) is 0.245. The Morgan fingerprint density at radius 1 is 1.31 bits per heavy atom. The van der Waals surface area contributed by atoms with Crippen molar-refractivity contribution in [2.24, 2.45) is 0 Å². The molecule has 0 aromatic heterocycles.